The predicted molar refractivity (Wildman–Crippen MR) is 77.7 cm³/mol. The molecule has 2 heteroatoms. The fraction of sp³-hybridized carbons (Fsp3) is 0.600. The lowest BCUT2D eigenvalue weighted by Crippen LogP contribution is -2.31. The summed E-state index contributed by atoms with van der Waals surface area (Å²) in [6.07, 6.45) is 5.34. The number of rotatable bonds is 5. The van der Waals surface area contributed by atoms with Gasteiger partial charge in [-0.25, -0.2) is 0 Å². The van der Waals surface area contributed by atoms with Crippen LogP contribution in [0.5, 0.6) is 0 Å². The Morgan fingerprint density at radius 1 is 1.24 bits per heavy atom. The third-order valence-electron chi connectivity index (χ3n) is 3.69. The Balaban J connectivity index is 1.83. The lowest BCUT2D eigenvalue weighted by Gasteiger charge is -2.26. The highest BCUT2D eigenvalue weighted by Crippen LogP contribution is 2.26. The van der Waals surface area contributed by atoms with Gasteiger partial charge in [-0.15, -0.1) is 0 Å². The molecule has 0 aromatic heterocycles. The molecule has 1 nitrogen and oxygen atoms in total. The van der Waals surface area contributed by atoms with E-state index in [2.05, 4.69) is 54.5 Å². The molecule has 2 rings (SSSR count). The van der Waals surface area contributed by atoms with Crippen LogP contribution in [0.1, 0.15) is 24.8 Å². The van der Waals surface area contributed by atoms with Crippen molar-refractivity contribution in [3.05, 3.63) is 35.9 Å². The Morgan fingerprint density at radius 2 is 1.94 bits per heavy atom. The molecule has 1 saturated heterocycles. The van der Waals surface area contributed by atoms with E-state index in [4.69, 9.17) is 0 Å². The van der Waals surface area contributed by atoms with Gasteiger partial charge in [0.1, 0.15) is 0 Å². The van der Waals surface area contributed by atoms with Crippen LogP contribution in [0.25, 0.3) is 0 Å². The number of benzene rings is 1. The molecule has 1 aliphatic rings. The van der Waals surface area contributed by atoms with Crippen LogP contribution < -0.4 is 5.32 Å². The average molecular weight is 249 g/mol. The molecule has 1 unspecified atom stereocenters. The Kier molecular flexibility index (Phi) is 5.40. The Bertz CT molecular complexity index is 306. The maximum Gasteiger partial charge on any atom is 0.0107 e. The lowest BCUT2D eigenvalue weighted by molar-refractivity contribution is 0.376. The third-order valence-corrected chi connectivity index (χ3v) is 4.74. The smallest absolute Gasteiger partial charge is 0.0107 e. The molecule has 1 atom stereocenters. The molecule has 1 heterocycles. The van der Waals surface area contributed by atoms with E-state index in [1.807, 2.05) is 0 Å². The number of nitrogens with one attached hydrogen (secondary N) is 1. The first kappa shape index (κ1) is 13.0. The molecule has 94 valence electrons. The molecule has 1 fully saturated rings. The van der Waals surface area contributed by atoms with Gasteiger partial charge in [0.05, 0.1) is 0 Å². The molecular weight excluding hydrogens is 226 g/mol. The topological polar surface area (TPSA) is 12.0 Å². The summed E-state index contributed by atoms with van der Waals surface area (Å²) in [5.74, 6) is 3.68. The van der Waals surface area contributed by atoms with Crippen LogP contribution in [-0.2, 0) is 6.42 Å². The van der Waals surface area contributed by atoms with Crippen molar-refractivity contribution in [2.24, 2.45) is 5.92 Å². The summed E-state index contributed by atoms with van der Waals surface area (Å²) in [5, 5.41) is 3.49. The fourth-order valence-corrected chi connectivity index (χ4v) is 3.79. The SMILES string of the molecule is CNC(Cc1ccccc1)CC1CCSCC1. The van der Waals surface area contributed by atoms with Crippen LogP contribution in [0.15, 0.2) is 30.3 Å². The summed E-state index contributed by atoms with van der Waals surface area (Å²) in [6.45, 7) is 0. The average Bonchev–Trinajstić information content (AvgIpc) is 2.40. The highest BCUT2D eigenvalue weighted by atomic mass is 32.2. The molecule has 0 aliphatic carbocycles. The van der Waals surface area contributed by atoms with Crippen LogP contribution in [0.2, 0.25) is 0 Å². The standard InChI is InChI=1S/C15H23NS/c1-16-15(11-13-5-3-2-4-6-13)12-14-7-9-17-10-8-14/h2-6,14-16H,7-12H2,1H3. The number of likely N-dealkylation sites (N-methyl/N-ethyl adjacent to an activating group) is 1. The van der Waals surface area contributed by atoms with Gasteiger partial charge in [0.2, 0.25) is 0 Å². The summed E-state index contributed by atoms with van der Waals surface area (Å²) in [7, 11) is 2.10. The molecule has 1 N–H and O–H groups in total. The highest BCUT2D eigenvalue weighted by Gasteiger charge is 2.18. The van der Waals surface area contributed by atoms with Gasteiger partial charge in [0.25, 0.3) is 0 Å². The maximum absolute atomic E-state index is 3.49. The first-order valence-corrected chi connectivity index (χ1v) is 7.83. The van der Waals surface area contributed by atoms with Gasteiger partial charge in [-0.2, -0.15) is 11.8 Å². The number of hydrogen-bond donors (Lipinski definition) is 1. The van der Waals surface area contributed by atoms with E-state index in [1.165, 1.54) is 42.8 Å². The van der Waals surface area contributed by atoms with E-state index in [0.29, 0.717) is 6.04 Å². The van der Waals surface area contributed by atoms with E-state index >= 15 is 0 Å². The first-order valence-electron chi connectivity index (χ1n) is 6.67. The van der Waals surface area contributed by atoms with Crippen LogP contribution in [0, 0.1) is 5.92 Å². The lowest BCUT2D eigenvalue weighted by atomic mass is 9.91. The molecule has 1 aromatic rings. The monoisotopic (exact) mass is 249 g/mol. The zero-order chi connectivity index (χ0) is 11.9. The van der Waals surface area contributed by atoms with Crippen LogP contribution in [0.4, 0.5) is 0 Å². The number of hydrogen-bond acceptors (Lipinski definition) is 2. The largest absolute Gasteiger partial charge is 0.317 e. The second kappa shape index (κ2) is 7.07. The Hall–Kier alpha value is -0.470. The van der Waals surface area contributed by atoms with Crippen molar-refractivity contribution in [3.8, 4) is 0 Å². The van der Waals surface area contributed by atoms with E-state index in [1.54, 1.807) is 0 Å². The predicted octanol–water partition coefficient (Wildman–Crippen LogP) is 3.35. The van der Waals surface area contributed by atoms with Crippen molar-refractivity contribution in [1.82, 2.24) is 5.32 Å². The molecular formula is C15H23NS. The summed E-state index contributed by atoms with van der Waals surface area (Å²) in [6, 6.07) is 11.5. The highest BCUT2D eigenvalue weighted by molar-refractivity contribution is 7.99. The molecule has 1 aliphatic heterocycles. The summed E-state index contributed by atoms with van der Waals surface area (Å²) >= 11 is 2.12. The Labute approximate surface area is 109 Å². The normalized spacial score (nSPS) is 19.1. The van der Waals surface area contributed by atoms with Crippen LogP contribution in [0.3, 0.4) is 0 Å². The van der Waals surface area contributed by atoms with Crippen molar-refractivity contribution in [2.45, 2.75) is 31.7 Å². The molecule has 17 heavy (non-hydrogen) atoms. The third kappa shape index (κ3) is 4.36. The zero-order valence-corrected chi connectivity index (χ0v) is 11.5. The molecule has 0 radical (unpaired) electrons. The minimum atomic E-state index is 0.644. The minimum absolute atomic E-state index is 0.644. The van der Waals surface area contributed by atoms with Crippen molar-refractivity contribution in [3.63, 3.8) is 0 Å². The Morgan fingerprint density at radius 3 is 2.59 bits per heavy atom. The quantitative estimate of drug-likeness (QED) is 0.859. The first-order chi connectivity index (χ1) is 8.38. The van der Waals surface area contributed by atoms with Gasteiger partial charge in [0, 0.05) is 6.04 Å². The fourth-order valence-electron chi connectivity index (χ4n) is 2.59. The van der Waals surface area contributed by atoms with Gasteiger partial charge in [-0.05, 0) is 55.7 Å². The minimum Gasteiger partial charge on any atom is -0.317 e. The molecule has 1 aromatic carbocycles. The van der Waals surface area contributed by atoms with Gasteiger partial charge < -0.3 is 5.32 Å². The second-order valence-corrected chi connectivity index (χ2v) is 6.19. The van der Waals surface area contributed by atoms with Crippen molar-refractivity contribution in [1.29, 1.82) is 0 Å². The second-order valence-electron chi connectivity index (χ2n) is 4.97. The van der Waals surface area contributed by atoms with E-state index in [9.17, 15) is 0 Å². The molecule has 0 saturated carbocycles. The van der Waals surface area contributed by atoms with Crippen LogP contribution >= 0.6 is 11.8 Å². The van der Waals surface area contributed by atoms with Crippen molar-refractivity contribution >= 4 is 11.8 Å². The summed E-state index contributed by atoms with van der Waals surface area (Å²) in [4.78, 5) is 0. The van der Waals surface area contributed by atoms with Gasteiger partial charge in [-0.3, -0.25) is 0 Å². The number of thioether (sulfide) groups is 1. The summed E-state index contributed by atoms with van der Waals surface area (Å²) in [5.41, 5.74) is 1.46. The molecule has 0 bridgehead atoms. The van der Waals surface area contributed by atoms with Gasteiger partial charge >= 0.3 is 0 Å². The van der Waals surface area contributed by atoms with Crippen LogP contribution in [-0.4, -0.2) is 24.6 Å². The van der Waals surface area contributed by atoms with E-state index in [0.717, 1.165) is 5.92 Å². The van der Waals surface area contributed by atoms with Gasteiger partial charge in [0.15, 0.2) is 0 Å². The maximum atomic E-state index is 3.49. The van der Waals surface area contributed by atoms with E-state index < -0.39 is 0 Å². The summed E-state index contributed by atoms with van der Waals surface area (Å²) < 4.78 is 0. The van der Waals surface area contributed by atoms with Crippen molar-refractivity contribution < 1.29 is 0 Å². The molecule has 0 spiro atoms. The van der Waals surface area contributed by atoms with E-state index in [-0.39, 0.29) is 0 Å². The molecule has 0 amide bonds. The zero-order valence-electron chi connectivity index (χ0n) is 10.7. The van der Waals surface area contributed by atoms with Crippen molar-refractivity contribution in [2.75, 3.05) is 18.6 Å². The van der Waals surface area contributed by atoms with Gasteiger partial charge in [-0.1, -0.05) is 30.3 Å².